The fourth-order valence-electron chi connectivity index (χ4n) is 3.68. The summed E-state index contributed by atoms with van der Waals surface area (Å²) in [6, 6.07) is 7.35. The first-order valence-corrected chi connectivity index (χ1v) is 11.2. The molecule has 0 fully saturated rings. The molecule has 5 rings (SSSR count). The molecule has 0 amide bonds. The fraction of sp³-hybridized carbons (Fsp3) is 0.375. The van der Waals surface area contributed by atoms with Crippen LogP contribution in [-0.4, -0.2) is 44.1 Å². The number of hydrogen-bond donors (Lipinski definition) is 0. The molecule has 3 aromatic heterocycles. The maximum absolute atomic E-state index is 13.1. The standard InChI is InChI=1S/C24H25N5O5/c1-13(2)22-27-21(34-28-22)12-33-24(30)16-10-18(26-23-17(16)11-25-29(23)14(3)4)15-5-6-19-20(9-15)32-8-7-31-19/h5-6,9-11,13-14H,7-8,12H2,1-4H3. The number of esters is 1. The second-order valence-corrected chi connectivity index (χ2v) is 8.61. The Balaban J connectivity index is 1.51. The number of aromatic nitrogens is 5. The molecule has 1 aliphatic heterocycles. The second-order valence-electron chi connectivity index (χ2n) is 8.61. The molecular weight excluding hydrogens is 438 g/mol. The van der Waals surface area contributed by atoms with Gasteiger partial charge in [0, 0.05) is 17.5 Å². The molecular formula is C24H25N5O5. The van der Waals surface area contributed by atoms with Crippen molar-refractivity contribution in [2.45, 2.75) is 46.3 Å². The van der Waals surface area contributed by atoms with E-state index in [1.54, 1.807) is 16.9 Å². The van der Waals surface area contributed by atoms with Gasteiger partial charge >= 0.3 is 5.97 Å². The molecule has 0 saturated heterocycles. The molecule has 10 heteroatoms. The number of carbonyl (C=O) groups excluding carboxylic acids is 1. The molecule has 0 N–H and O–H groups in total. The molecule has 10 nitrogen and oxygen atoms in total. The SMILES string of the molecule is CC(C)c1noc(COC(=O)c2cc(-c3ccc4c(c3)OCCO4)nc3c2cnn3C(C)C)n1. The molecule has 4 aromatic rings. The first-order valence-electron chi connectivity index (χ1n) is 11.2. The van der Waals surface area contributed by atoms with Crippen LogP contribution in [0.4, 0.5) is 0 Å². The lowest BCUT2D eigenvalue weighted by Gasteiger charge is -2.19. The summed E-state index contributed by atoms with van der Waals surface area (Å²) >= 11 is 0. The van der Waals surface area contributed by atoms with Crippen molar-refractivity contribution >= 4 is 17.0 Å². The highest BCUT2D eigenvalue weighted by molar-refractivity contribution is 6.03. The smallest absolute Gasteiger partial charge is 0.339 e. The summed E-state index contributed by atoms with van der Waals surface area (Å²) in [5.41, 5.74) is 2.33. The van der Waals surface area contributed by atoms with E-state index in [-0.39, 0.29) is 24.5 Å². The van der Waals surface area contributed by atoms with Crippen molar-refractivity contribution in [2.75, 3.05) is 13.2 Å². The van der Waals surface area contributed by atoms with Gasteiger partial charge < -0.3 is 18.7 Å². The lowest BCUT2D eigenvalue weighted by Crippen LogP contribution is -2.15. The topological polar surface area (TPSA) is 114 Å². The minimum absolute atomic E-state index is 0.0530. The van der Waals surface area contributed by atoms with Crippen LogP contribution in [0.2, 0.25) is 0 Å². The minimum atomic E-state index is -0.529. The Morgan fingerprint density at radius 1 is 1.09 bits per heavy atom. The van der Waals surface area contributed by atoms with Gasteiger partial charge in [0.25, 0.3) is 5.89 Å². The average Bonchev–Trinajstić information content (AvgIpc) is 3.49. The summed E-state index contributed by atoms with van der Waals surface area (Å²) in [7, 11) is 0. The molecule has 0 unspecified atom stereocenters. The Morgan fingerprint density at radius 3 is 2.62 bits per heavy atom. The average molecular weight is 463 g/mol. The van der Waals surface area contributed by atoms with Crippen LogP contribution >= 0.6 is 0 Å². The molecule has 1 aliphatic rings. The van der Waals surface area contributed by atoms with Crippen molar-refractivity contribution in [1.29, 1.82) is 0 Å². The zero-order chi connectivity index (χ0) is 23.8. The van der Waals surface area contributed by atoms with E-state index in [1.807, 2.05) is 45.9 Å². The minimum Gasteiger partial charge on any atom is -0.486 e. The van der Waals surface area contributed by atoms with Crippen molar-refractivity contribution in [3.8, 4) is 22.8 Å². The monoisotopic (exact) mass is 463 g/mol. The van der Waals surface area contributed by atoms with E-state index in [1.165, 1.54) is 0 Å². The van der Waals surface area contributed by atoms with E-state index in [4.69, 9.17) is 23.7 Å². The Labute approximate surface area is 195 Å². The van der Waals surface area contributed by atoms with Crippen LogP contribution < -0.4 is 9.47 Å². The summed E-state index contributed by atoms with van der Waals surface area (Å²) in [5.74, 6) is 1.72. The summed E-state index contributed by atoms with van der Waals surface area (Å²) in [6.07, 6.45) is 1.64. The van der Waals surface area contributed by atoms with Gasteiger partial charge in [-0.05, 0) is 38.1 Å². The number of carbonyl (C=O) groups is 1. The van der Waals surface area contributed by atoms with Gasteiger partial charge in [0.15, 0.2) is 29.6 Å². The van der Waals surface area contributed by atoms with Crippen LogP contribution in [0.1, 0.15) is 61.7 Å². The Bertz CT molecular complexity index is 1360. The third-order valence-corrected chi connectivity index (χ3v) is 5.44. The third-order valence-electron chi connectivity index (χ3n) is 5.44. The molecule has 0 radical (unpaired) electrons. The summed E-state index contributed by atoms with van der Waals surface area (Å²) < 4.78 is 23.8. The van der Waals surface area contributed by atoms with Crippen molar-refractivity contribution in [3.63, 3.8) is 0 Å². The first kappa shape index (κ1) is 21.9. The highest BCUT2D eigenvalue weighted by Crippen LogP contribution is 2.35. The van der Waals surface area contributed by atoms with Crippen LogP contribution in [-0.2, 0) is 11.3 Å². The molecule has 0 atom stereocenters. The van der Waals surface area contributed by atoms with E-state index >= 15 is 0 Å². The molecule has 0 spiro atoms. The number of hydrogen-bond acceptors (Lipinski definition) is 9. The lowest BCUT2D eigenvalue weighted by molar-refractivity contribution is 0.0432. The largest absolute Gasteiger partial charge is 0.486 e. The Morgan fingerprint density at radius 2 is 1.88 bits per heavy atom. The Kier molecular flexibility index (Phi) is 5.64. The predicted molar refractivity (Wildman–Crippen MR) is 122 cm³/mol. The number of fused-ring (bicyclic) bond motifs is 2. The van der Waals surface area contributed by atoms with Crippen LogP contribution in [0, 0.1) is 0 Å². The van der Waals surface area contributed by atoms with Crippen LogP contribution in [0.15, 0.2) is 35.0 Å². The Hall–Kier alpha value is -3.95. The molecule has 1 aromatic carbocycles. The number of ether oxygens (including phenoxy) is 3. The summed E-state index contributed by atoms with van der Waals surface area (Å²) in [6.45, 7) is 8.80. The molecule has 0 bridgehead atoms. The number of rotatable bonds is 6. The summed E-state index contributed by atoms with van der Waals surface area (Å²) in [5, 5.41) is 8.95. The number of pyridine rings is 1. The maximum Gasteiger partial charge on any atom is 0.339 e. The van der Waals surface area contributed by atoms with Crippen LogP contribution in [0.3, 0.4) is 0 Å². The third kappa shape index (κ3) is 4.07. The van der Waals surface area contributed by atoms with E-state index in [0.29, 0.717) is 52.8 Å². The van der Waals surface area contributed by atoms with Gasteiger partial charge in [-0.3, -0.25) is 0 Å². The number of benzene rings is 1. The van der Waals surface area contributed by atoms with E-state index in [2.05, 4.69) is 15.2 Å². The van der Waals surface area contributed by atoms with Crippen molar-refractivity contribution in [2.24, 2.45) is 0 Å². The first-order chi connectivity index (χ1) is 16.4. The van der Waals surface area contributed by atoms with Crippen molar-refractivity contribution < 1.29 is 23.5 Å². The second kappa shape index (κ2) is 8.77. The molecule has 4 heterocycles. The number of nitrogens with zero attached hydrogens (tertiary/aromatic N) is 5. The van der Waals surface area contributed by atoms with Gasteiger partial charge in [0.2, 0.25) is 0 Å². The molecule has 0 saturated carbocycles. The van der Waals surface area contributed by atoms with Gasteiger partial charge in [-0.1, -0.05) is 19.0 Å². The van der Waals surface area contributed by atoms with E-state index in [0.717, 1.165) is 5.56 Å². The van der Waals surface area contributed by atoms with Crippen molar-refractivity contribution in [1.82, 2.24) is 24.9 Å². The zero-order valence-corrected chi connectivity index (χ0v) is 19.4. The molecule has 0 aliphatic carbocycles. The van der Waals surface area contributed by atoms with Gasteiger partial charge in [-0.15, -0.1) is 0 Å². The van der Waals surface area contributed by atoms with E-state index < -0.39 is 5.97 Å². The normalized spacial score (nSPS) is 13.1. The maximum atomic E-state index is 13.1. The summed E-state index contributed by atoms with van der Waals surface area (Å²) in [4.78, 5) is 22.2. The molecule has 176 valence electrons. The lowest BCUT2D eigenvalue weighted by atomic mass is 10.1. The van der Waals surface area contributed by atoms with Crippen LogP contribution in [0.25, 0.3) is 22.3 Å². The van der Waals surface area contributed by atoms with E-state index in [9.17, 15) is 4.79 Å². The quantitative estimate of drug-likeness (QED) is 0.386. The van der Waals surface area contributed by atoms with Gasteiger partial charge in [0.1, 0.15) is 13.2 Å². The highest BCUT2D eigenvalue weighted by atomic mass is 16.6. The van der Waals surface area contributed by atoms with Crippen molar-refractivity contribution in [3.05, 3.63) is 47.7 Å². The van der Waals surface area contributed by atoms with Gasteiger partial charge in [0.05, 0.1) is 22.8 Å². The highest BCUT2D eigenvalue weighted by Gasteiger charge is 2.22. The fourth-order valence-corrected chi connectivity index (χ4v) is 3.68. The molecule has 34 heavy (non-hydrogen) atoms. The zero-order valence-electron chi connectivity index (χ0n) is 19.4. The van der Waals surface area contributed by atoms with Gasteiger partial charge in [-0.2, -0.15) is 10.1 Å². The van der Waals surface area contributed by atoms with Gasteiger partial charge in [-0.25, -0.2) is 14.5 Å². The predicted octanol–water partition coefficient (Wildman–Crippen LogP) is 4.31. The van der Waals surface area contributed by atoms with Crippen LogP contribution in [0.5, 0.6) is 11.5 Å².